The second kappa shape index (κ2) is 26.7. The van der Waals surface area contributed by atoms with Crippen molar-refractivity contribution in [3.05, 3.63) is 204 Å². The summed E-state index contributed by atoms with van der Waals surface area (Å²) in [6.07, 6.45) is 6.69. The zero-order chi connectivity index (χ0) is 58.4. The number of thioether (sulfide) groups is 3. The zero-order valence-electron chi connectivity index (χ0n) is 44.0. The number of nitrogens with zero attached hydrogens (tertiary/aromatic N) is 11. The average molecular weight is 1190 g/mol. The molecule has 12 aromatic rings. The zero-order valence-corrected chi connectivity index (χ0v) is 46.4. The Morgan fingerprint density at radius 3 is 1.35 bits per heavy atom. The molecule has 0 aliphatic carbocycles. The fourth-order valence-electron chi connectivity index (χ4n) is 7.77. The fourth-order valence-corrected chi connectivity index (χ4v) is 10.5. The molecule has 6 N–H and O–H groups in total. The van der Waals surface area contributed by atoms with Gasteiger partial charge in [0.25, 0.3) is 17.7 Å². The van der Waals surface area contributed by atoms with E-state index in [0.29, 0.717) is 74.0 Å². The van der Waals surface area contributed by atoms with Crippen molar-refractivity contribution < 1.29 is 36.8 Å². The van der Waals surface area contributed by atoms with Gasteiger partial charge in [0.05, 0.1) is 59.3 Å². The number of carbonyl (C=O) groups is 3. The monoisotopic (exact) mass is 1190 g/mol. The number of ether oxygens (including phenoxy) is 1. The molecular formula is C56H44F3N17O5S3. The molecule has 0 aliphatic rings. The third kappa shape index (κ3) is 14.9. The topological polar surface area (TPSA) is 299 Å². The number of hydrogen-bond acceptors (Lipinski definition) is 19. The highest BCUT2D eigenvalue weighted by atomic mass is 32.2. The third-order valence-corrected chi connectivity index (χ3v) is 15.1. The van der Waals surface area contributed by atoms with Crippen molar-refractivity contribution in [2.45, 2.75) is 45.4 Å². The molecule has 84 heavy (non-hydrogen) atoms. The van der Waals surface area contributed by atoms with Gasteiger partial charge >= 0.3 is 6.18 Å². The number of aromatic amines is 3. The number of halogens is 3. The molecular weight excluding hydrogens is 1140 g/mol. The van der Waals surface area contributed by atoms with Crippen LogP contribution in [0.25, 0.3) is 33.1 Å². The first kappa shape index (κ1) is 57.2. The number of anilines is 3. The minimum Gasteiger partial charge on any atom is -0.481 e. The Balaban J connectivity index is 0.000000141. The largest absolute Gasteiger partial charge is 0.481 e. The van der Waals surface area contributed by atoms with Crippen molar-refractivity contribution in [2.24, 2.45) is 0 Å². The van der Waals surface area contributed by atoms with Crippen molar-refractivity contribution in [2.75, 3.05) is 23.1 Å². The highest BCUT2D eigenvalue weighted by Gasteiger charge is 2.30. The molecule has 0 spiro atoms. The lowest BCUT2D eigenvalue weighted by molar-refractivity contribution is -0.137. The number of fused-ring (bicyclic) bond motifs is 3. The van der Waals surface area contributed by atoms with E-state index in [9.17, 15) is 27.6 Å². The predicted molar refractivity (Wildman–Crippen MR) is 310 cm³/mol. The maximum Gasteiger partial charge on any atom is 0.416 e. The van der Waals surface area contributed by atoms with E-state index in [1.807, 2.05) is 42.5 Å². The fraction of sp³-hybridized carbons (Fsp3) is 0.107. The van der Waals surface area contributed by atoms with Gasteiger partial charge < -0.3 is 25.2 Å². The van der Waals surface area contributed by atoms with Gasteiger partial charge in [-0.2, -0.15) is 28.5 Å². The minimum atomic E-state index is -4.42. The summed E-state index contributed by atoms with van der Waals surface area (Å²) in [5, 5.41) is 37.4. The molecule has 0 atom stereocenters. The van der Waals surface area contributed by atoms with Crippen LogP contribution in [0, 0.1) is 6.92 Å². The van der Waals surface area contributed by atoms with E-state index in [2.05, 4.69) is 86.6 Å². The number of amides is 3. The summed E-state index contributed by atoms with van der Waals surface area (Å²) in [6, 6.07) is 31.4. The first-order chi connectivity index (χ1) is 40.8. The number of aromatic nitrogens is 14. The maximum absolute atomic E-state index is 12.7. The van der Waals surface area contributed by atoms with E-state index in [4.69, 9.17) is 9.26 Å². The van der Waals surface area contributed by atoms with Crippen LogP contribution in [0.5, 0.6) is 5.88 Å². The van der Waals surface area contributed by atoms with Crippen molar-refractivity contribution in [1.29, 1.82) is 0 Å². The standard InChI is InChI=1S/C20H14F3N5OS.C19H16N6O2S.C17H14N6O2S/c21-20(22,23)14-4-6-15(7-5-14)27-18(29)13-3-1-2-12(8-13)10-30-19-16-9-26-28-17(16)24-11-25-19;1-27-16-6-5-14(8-20-16)24-18(26)13-4-2-3-12(7-13)10-28-19-15-9-23-25-17(15)21-11-22-19;1-10-5-14(23-25-10)21-16(24)12-4-2-3-11(6-12)8-26-17-13-7-20-22-15(13)18-9-19-17/h1-9,11H,10H2,(H,27,29)(H,24,25,26,28);2-9,11H,10H2,1H3,(H,24,26)(H,21,22,23,25);2-7,9H,8H2,1H3,(H,21,23,24)(H,18,19,20,22). The lowest BCUT2D eigenvalue weighted by Gasteiger charge is -2.09. The van der Waals surface area contributed by atoms with Crippen LogP contribution >= 0.6 is 35.3 Å². The highest BCUT2D eigenvalue weighted by Crippen LogP contribution is 2.32. The lowest BCUT2D eigenvalue weighted by Crippen LogP contribution is -2.12. The molecule has 0 aliphatic heterocycles. The summed E-state index contributed by atoms with van der Waals surface area (Å²) in [6.45, 7) is 1.77. The van der Waals surface area contributed by atoms with Gasteiger partial charge in [-0.15, -0.1) is 35.3 Å². The van der Waals surface area contributed by atoms with Crippen LogP contribution in [-0.4, -0.2) is 95.5 Å². The molecule has 422 valence electrons. The third-order valence-electron chi connectivity index (χ3n) is 11.9. The van der Waals surface area contributed by atoms with Gasteiger partial charge in [0.1, 0.15) is 39.8 Å². The van der Waals surface area contributed by atoms with Crippen molar-refractivity contribution in [3.63, 3.8) is 0 Å². The number of pyridine rings is 1. The van der Waals surface area contributed by atoms with Crippen LogP contribution in [0.2, 0.25) is 0 Å². The number of nitrogens with one attached hydrogen (secondary N) is 6. The number of rotatable bonds is 16. The summed E-state index contributed by atoms with van der Waals surface area (Å²) in [7, 11) is 1.54. The number of methoxy groups -OCH3 is 1. The summed E-state index contributed by atoms with van der Waals surface area (Å²) in [5.41, 5.74) is 6.65. The Morgan fingerprint density at radius 1 is 0.524 bits per heavy atom. The van der Waals surface area contributed by atoms with Gasteiger partial charge in [0.2, 0.25) is 5.88 Å². The van der Waals surface area contributed by atoms with E-state index in [0.717, 1.165) is 60.1 Å². The molecule has 4 aromatic carbocycles. The van der Waals surface area contributed by atoms with Crippen molar-refractivity contribution in [1.82, 2.24) is 70.6 Å². The number of aryl methyl sites for hydroxylation is 1. The van der Waals surface area contributed by atoms with Crippen LogP contribution < -0.4 is 20.7 Å². The molecule has 0 radical (unpaired) electrons. The molecule has 8 aromatic heterocycles. The number of benzene rings is 4. The summed E-state index contributed by atoms with van der Waals surface area (Å²) in [5.74, 6) is 2.61. The van der Waals surface area contributed by atoms with Crippen molar-refractivity contribution in [3.8, 4) is 5.88 Å². The van der Waals surface area contributed by atoms with E-state index < -0.39 is 17.6 Å². The molecule has 0 unspecified atom stereocenters. The van der Waals surface area contributed by atoms with Gasteiger partial charge in [0.15, 0.2) is 22.8 Å². The van der Waals surface area contributed by atoms with Gasteiger partial charge in [-0.3, -0.25) is 29.7 Å². The average Bonchev–Trinajstić information content (AvgIpc) is 4.50. The summed E-state index contributed by atoms with van der Waals surface area (Å²) < 4.78 is 47.9. The number of alkyl halides is 3. The Morgan fingerprint density at radius 2 is 0.952 bits per heavy atom. The lowest BCUT2D eigenvalue weighted by atomic mass is 10.1. The predicted octanol–water partition coefficient (Wildman–Crippen LogP) is 11.4. The second-order valence-corrected chi connectivity index (χ2v) is 20.6. The summed E-state index contributed by atoms with van der Waals surface area (Å²) >= 11 is 4.62. The van der Waals surface area contributed by atoms with Gasteiger partial charge in [0, 0.05) is 51.8 Å². The second-order valence-electron chi connectivity index (χ2n) is 17.7. The van der Waals surface area contributed by atoms with Gasteiger partial charge in [-0.1, -0.05) is 41.6 Å². The number of H-pyrrole nitrogens is 3. The Labute approximate surface area is 486 Å². The van der Waals surface area contributed by atoms with Gasteiger partial charge in [-0.05, 0) is 90.3 Å². The quantitative estimate of drug-likeness (QED) is 0.0387. The number of carbonyl (C=O) groups excluding carboxylic acids is 3. The van der Waals surface area contributed by atoms with Crippen LogP contribution in [0.1, 0.15) is 59.1 Å². The van der Waals surface area contributed by atoms with E-state index in [-0.39, 0.29) is 17.5 Å². The maximum atomic E-state index is 12.7. The van der Waals surface area contributed by atoms with E-state index in [1.54, 1.807) is 111 Å². The smallest absolute Gasteiger partial charge is 0.416 e. The Hall–Kier alpha value is -10.1. The van der Waals surface area contributed by atoms with Gasteiger partial charge in [-0.25, -0.2) is 34.9 Å². The van der Waals surface area contributed by atoms with Crippen LogP contribution in [0.15, 0.2) is 179 Å². The summed E-state index contributed by atoms with van der Waals surface area (Å²) in [4.78, 5) is 66.7. The molecule has 0 saturated carbocycles. The molecule has 3 amide bonds. The molecule has 12 rings (SSSR count). The number of hydrogen-bond donors (Lipinski definition) is 6. The molecule has 8 heterocycles. The van der Waals surface area contributed by atoms with Crippen molar-refractivity contribution >= 4 is 103 Å². The van der Waals surface area contributed by atoms with Crippen LogP contribution in [-0.2, 0) is 23.4 Å². The molecule has 28 heteroatoms. The molecule has 22 nitrogen and oxygen atoms in total. The molecule has 0 fully saturated rings. The van der Waals surface area contributed by atoms with E-state index >= 15 is 0 Å². The van der Waals surface area contributed by atoms with E-state index in [1.165, 1.54) is 42.9 Å². The van der Waals surface area contributed by atoms with Crippen LogP contribution in [0.4, 0.5) is 30.4 Å². The SMILES string of the molecule is COc1ccc(NC(=O)c2cccc(CSc3ncnc4[nH]ncc34)c2)cn1.Cc1cc(NC(=O)c2cccc(CSc3ncnc4[nH]ncc34)c2)no1.O=C(Nc1ccc(C(F)(F)F)cc1)c1cccc(CSc2ncnc3[nH]ncc23)c1. The first-order valence-electron chi connectivity index (χ1n) is 24.9. The molecule has 0 saturated heterocycles. The Kier molecular flexibility index (Phi) is 18.2. The van der Waals surface area contributed by atoms with Crippen LogP contribution in [0.3, 0.4) is 0 Å². The minimum absolute atomic E-state index is 0.196. The first-order valence-corrected chi connectivity index (χ1v) is 27.9. The highest BCUT2D eigenvalue weighted by molar-refractivity contribution is 7.99. The Bertz CT molecular complexity index is 4240. The molecule has 0 bridgehead atoms. The normalized spacial score (nSPS) is 11.1.